The molecular weight excluding hydrogens is 1940 g/mol. The molecule has 8 aromatic carbocycles. The summed E-state index contributed by atoms with van der Waals surface area (Å²) in [6, 6.07) is 42.9. The van der Waals surface area contributed by atoms with Crippen LogP contribution in [0.1, 0.15) is 321 Å². The summed E-state index contributed by atoms with van der Waals surface area (Å²) in [5, 5.41) is 28.5. The van der Waals surface area contributed by atoms with Crippen molar-refractivity contribution in [2.45, 2.75) is 342 Å². The number of rotatable bonds is 28. The van der Waals surface area contributed by atoms with Crippen LogP contribution in [0.3, 0.4) is 0 Å². The zero-order valence-corrected chi connectivity index (χ0v) is 93.1. The number of β-amino-alcohol motifs (C(OH)–C–C–N with tert-alkyl or cyclic N) is 1. The Kier molecular flexibility index (Phi) is 48.7. The molecule has 10 unspecified atom stereocenters. The first kappa shape index (κ1) is 123. The number of morpholine rings is 1. The minimum atomic E-state index is -0.923. The molecule has 0 aliphatic carbocycles. The summed E-state index contributed by atoms with van der Waals surface area (Å²) in [5.41, 5.74) is 6.96. The Morgan fingerprint density at radius 3 is 1.26 bits per heavy atom. The molecule has 18 nitrogen and oxygen atoms in total. The van der Waals surface area contributed by atoms with Gasteiger partial charge in [-0.25, -0.2) is 43.9 Å². The predicted molar refractivity (Wildman–Crippen MR) is 577 cm³/mol. The van der Waals surface area contributed by atoms with Gasteiger partial charge in [0.05, 0.1) is 39.6 Å². The number of aliphatic hydroxyl groups is 3. The summed E-state index contributed by atoms with van der Waals surface area (Å²) < 4.78 is 168. The van der Waals surface area contributed by atoms with Crippen LogP contribution in [0.2, 0.25) is 5.02 Å². The van der Waals surface area contributed by atoms with Gasteiger partial charge in [-0.05, 0) is 417 Å². The molecule has 9 saturated heterocycles. The van der Waals surface area contributed by atoms with Crippen molar-refractivity contribution in [3.05, 3.63) is 259 Å². The third-order valence-electron chi connectivity index (χ3n) is 30.1. The molecule has 0 radical (unpaired) electrons. The highest BCUT2D eigenvalue weighted by atomic mass is 35.5. The maximum Gasteiger partial charge on any atom is 0.128 e. The number of hydrogen-bond donors (Lipinski definition) is 3. The van der Waals surface area contributed by atoms with Crippen LogP contribution in [-0.4, -0.2) is 251 Å². The highest BCUT2D eigenvalue weighted by molar-refractivity contribution is 6.30. The molecule has 0 bridgehead atoms. The number of benzene rings is 8. The summed E-state index contributed by atoms with van der Waals surface area (Å²) in [6.07, 6.45) is 14.4. The average Bonchev–Trinajstić information content (AvgIpc) is 1.63. The van der Waals surface area contributed by atoms with E-state index in [2.05, 4.69) is 176 Å². The summed E-state index contributed by atoms with van der Waals surface area (Å²) in [5.74, 6) is -0.0458. The first-order valence-corrected chi connectivity index (χ1v) is 54.8. The van der Waals surface area contributed by atoms with E-state index in [0.717, 1.165) is 182 Å². The van der Waals surface area contributed by atoms with Crippen molar-refractivity contribution in [3.63, 3.8) is 0 Å². The molecule has 8 aromatic rings. The third kappa shape index (κ3) is 36.0. The van der Waals surface area contributed by atoms with Crippen LogP contribution in [0.15, 0.2) is 152 Å². The van der Waals surface area contributed by atoms with Crippen LogP contribution < -0.4 is 18.9 Å². The van der Waals surface area contributed by atoms with Crippen molar-refractivity contribution in [1.82, 2.24) is 44.1 Å². The molecule has 0 spiro atoms. The average molecular weight is 2110 g/mol. The van der Waals surface area contributed by atoms with E-state index < -0.39 is 6.10 Å². The van der Waals surface area contributed by atoms with Crippen LogP contribution in [0.5, 0.6) is 23.0 Å². The summed E-state index contributed by atoms with van der Waals surface area (Å²) in [7, 11) is 3.27. The molecule has 9 fully saturated rings. The minimum Gasteiger partial charge on any atom is -0.496 e. The quantitative estimate of drug-likeness (QED) is 0.0315. The number of nitrogens with zero attached hydrogens (tertiary/aromatic N) is 9. The van der Waals surface area contributed by atoms with Crippen molar-refractivity contribution in [1.29, 1.82) is 0 Å². The van der Waals surface area contributed by atoms with E-state index in [4.69, 9.17) is 45.1 Å². The van der Waals surface area contributed by atoms with Crippen LogP contribution in [0.4, 0.5) is 43.9 Å². The van der Waals surface area contributed by atoms with Gasteiger partial charge in [-0.2, -0.15) is 0 Å². The van der Waals surface area contributed by atoms with Crippen molar-refractivity contribution in [3.8, 4) is 23.0 Å². The van der Waals surface area contributed by atoms with Gasteiger partial charge in [-0.3, -0.25) is 44.1 Å². The van der Waals surface area contributed by atoms with E-state index in [1.807, 2.05) is 24.3 Å². The summed E-state index contributed by atoms with van der Waals surface area (Å²) in [4.78, 5) is 21.1. The predicted octanol–water partition coefficient (Wildman–Crippen LogP) is 26.5. The van der Waals surface area contributed by atoms with Crippen molar-refractivity contribution in [2.24, 2.45) is 0 Å². The molecule has 9 aliphatic heterocycles. The molecule has 3 N–H and O–H groups in total. The van der Waals surface area contributed by atoms with Gasteiger partial charge >= 0.3 is 0 Å². The largest absolute Gasteiger partial charge is 0.496 e. The van der Waals surface area contributed by atoms with Gasteiger partial charge < -0.3 is 43.7 Å². The number of aliphatic hydroxyl groups excluding tert-OH is 3. The van der Waals surface area contributed by atoms with E-state index in [0.29, 0.717) is 127 Å². The molecule has 0 amide bonds. The highest BCUT2D eigenvalue weighted by Gasteiger charge is 2.44. The standard InChI is InChI=1S/C20H31FN2O2.C16H24FNO3.C16H24FNO2.C15H21F2N.C14H20FNO.C13H17ClFN.C13H17F2N.C13H18FNO/c1-20(2,3)23-6-4-5-19(23)16-13-17(21)15-18(14-16)25-12-9-22-7-10-24-11-8-22;1-11(2)18-7-3-4-15(18)14-8-12(17)5-6-16(14)21-10-13(20)9-19;1-12(2)18-6-4-5-16(18)13-9-14(17)11-15(10-13)20-8-7-19-3;1-10(2)18-14(7-8-15(18,3)4)12-9-11(16)5-6-13(12)17;1-10(2)16-8-4-5-13(16)12-9-11(15)6-7-14(12)17-3;1-9(2)16-5-3-4-13(16)10-6-11(14)8-12(15)7-10;1-9(2)16-7-3-4-13(16)11-8-10(14)5-6-12(11)15;1-9(2)15-8-12(16)7-13(15)10-4-3-5-11(14)6-10/h13-15,19H,4-12H2,1-3H3;5-6,8,11,13,15,19-20H,3-4,7,9-10H2,1-2H3;9-12,16H,4-8H2,1-3H3;5-6,9-10,14H,7-8H2,1-4H3;6-7,9-10,13H,4-5,8H2,1-3H3;6-9,13H,3-5H2,1-2H3;5-6,8-9,13H,3-4,7H2,1-2H3;3-6,9,12-13,16H,7-8H2,1-2H3. The maximum atomic E-state index is 14.2. The van der Waals surface area contributed by atoms with Gasteiger partial charge in [0.25, 0.3) is 0 Å². The lowest BCUT2D eigenvalue weighted by Gasteiger charge is -2.39. The van der Waals surface area contributed by atoms with E-state index in [1.165, 1.54) is 98.1 Å². The van der Waals surface area contributed by atoms with Gasteiger partial charge in [-0.1, -0.05) is 23.7 Å². The zero-order chi connectivity index (χ0) is 109. The summed E-state index contributed by atoms with van der Waals surface area (Å²) >= 11 is 5.90. The number of methoxy groups -OCH3 is 2. The molecule has 0 aromatic heterocycles. The fourth-order valence-corrected chi connectivity index (χ4v) is 23.4. The molecule has 9 heterocycles. The van der Waals surface area contributed by atoms with E-state index in [1.54, 1.807) is 62.8 Å². The second-order valence-electron chi connectivity index (χ2n) is 44.4. The lowest BCUT2D eigenvalue weighted by atomic mass is 9.99. The normalized spacial score (nSPS) is 22.3. The summed E-state index contributed by atoms with van der Waals surface area (Å²) in [6.45, 7) is 53.5. The molecule has 10 atom stereocenters. The monoisotopic (exact) mass is 2110 g/mol. The molecular formula is C120H172ClF10N9O9. The van der Waals surface area contributed by atoms with Gasteiger partial charge in [0, 0.05) is 174 Å². The van der Waals surface area contributed by atoms with Crippen LogP contribution in [-0.2, 0) is 9.47 Å². The lowest BCUT2D eigenvalue weighted by molar-refractivity contribution is 0.0322. The topological polar surface area (TPSA) is 145 Å². The van der Waals surface area contributed by atoms with Crippen LogP contribution >= 0.6 is 11.6 Å². The first-order valence-electron chi connectivity index (χ1n) is 54.4. The van der Waals surface area contributed by atoms with Crippen molar-refractivity contribution >= 4 is 11.6 Å². The van der Waals surface area contributed by atoms with Crippen LogP contribution in [0, 0.1) is 58.2 Å². The maximum absolute atomic E-state index is 14.2. The Hall–Kier alpha value is -8.01. The molecule has 149 heavy (non-hydrogen) atoms. The van der Waals surface area contributed by atoms with E-state index in [-0.39, 0.29) is 119 Å². The number of ether oxygens (including phenoxy) is 6. The lowest BCUT2D eigenvalue weighted by Crippen LogP contribution is -2.44. The van der Waals surface area contributed by atoms with Crippen LogP contribution in [0.25, 0.3) is 0 Å². The van der Waals surface area contributed by atoms with Gasteiger partial charge in [0.2, 0.25) is 0 Å². The third-order valence-corrected chi connectivity index (χ3v) is 30.3. The molecule has 29 heteroatoms. The fraction of sp³-hybridized carbons (Fsp3) is 0.600. The first-order chi connectivity index (χ1) is 70.8. The Bertz CT molecular complexity index is 5350. The molecule has 0 saturated carbocycles. The Morgan fingerprint density at radius 2 is 0.799 bits per heavy atom. The van der Waals surface area contributed by atoms with Crippen molar-refractivity contribution in [2.75, 3.05) is 126 Å². The highest BCUT2D eigenvalue weighted by Crippen LogP contribution is 2.48. The Labute approximate surface area is 888 Å². The molecule has 9 aliphatic rings. The van der Waals surface area contributed by atoms with Gasteiger partial charge in [-0.15, -0.1) is 0 Å². The van der Waals surface area contributed by atoms with Crippen molar-refractivity contribution < 1.29 is 87.6 Å². The second kappa shape index (κ2) is 59.1. The Morgan fingerprint density at radius 1 is 0.396 bits per heavy atom. The molecule has 17 rings (SSSR count). The van der Waals surface area contributed by atoms with Gasteiger partial charge in [0.15, 0.2) is 0 Å². The second-order valence-corrected chi connectivity index (χ2v) is 44.9. The number of likely N-dealkylation sites (tertiary alicyclic amines) is 8. The van der Waals surface area contributed by atoms with E-state index >= 15 is 0 Å². The SMILES string of the molecule is CC(C)(C)N1CCCC1c1cc(F)cc(OCCN2CCOCC2)c1.CC(C)N1C(c2cc(F)ccc2F)CCC1(C)C.CC(C)N1CC(O)CC1c1cccc(F)c1.CC(C)N1CCCC1c1cc(F)cc(Cl)c1.CC(C)N1CCCC1c1cc(F)ccc1F.CC(C)N1CCCC1c1cc(F)ccc1OCC(O)CO.COCCOc1cc(F)cc(C2CCCN2C(C)C)c1.COc1ccc(F)cc1C1CCCN1C(C)C. The van der Waals surface area contributed by atoms with E-state index in [9.17, 15) is 54.1 Å². The fourth-order valence-electron chi connectivity index (χ4n) is 23.2. The van der Waals surface area contributed by atoms with Gasteiger partial charge in [0.1, 0.15) is 107 Å². The number of halogens is 11. The molecule has 828 valence electrons. The zero-order valence-electron chi connectivity index (χ0n) is 92.3. The smallest absolute Gasteiger partial charge is 0.128 e. The minimum absolute atomic E-state index is 0.00350. The number of hydrogen-bond acceptors (Lipinski definition) is 18. The Balaban J connectivity index is 0.000000175.